The van der Waals surface area contributed by atoms with Crippen LogP contribution in [0.15, 0.2) is 11.6 Å². The van der Waals surface area contributed by atoms with Crippen LogP contribution in [-0.2, 0) is 0 Å². The first-order valence-corrected chi connectivity index (χ1v) is 2.90. The summed E-state index contributed by atoms with van der Waals surface area (Å²) in [5.41, 5.74) is 0. The van der Waals surface area contributed by atoms with Crippen LogP contribution < -0.4 is 0 Å². The van der Waals surface area contributed by atoms with Crippen molar-refractivity contribution in [2.75, 3.05) is 0 Å². The Morgan fingerprint density at radius 3 is 2.29 bits per heavy atom. The topological polar surface area (TPSA) is 0 Å². The second-order valence-electron chi connectivity index (χ2n) is 1.76. The first kappa shape index (κ1) is 7.03. The minimum atomic E-state index is 0.474. The molecule has 0 saturated carbocycles. The molecule has 0 aliphatic heterocycles. The van der Waals surface area contributed by atoms with Crippen molar-refractivity contribution >= 4 is 11.6 Å². The third-order valence-corrected chi connectivity index (χ3v) is 1.52. The molecule has 0 radical (unpaired) electrons. The third-order valence-electron chi connectivity index (χ3n) is 1.15. The highest BCUT2D eigenvalue weighted by Crippen LogP contribution is 2.14. The molecule has 0 spiro atoms. The van der Waals surface area contributed by atoms with Crippen LogP contribution in [0.3, 0.4) is 0 Å². The molecule has 0 N–H and O–H groups in total. The summed E-state index contributed by atoms with van der Waals surface area (Å²) in [6.45, 7) is 7.75. The fourth-order valence-electron chi connectivity index (χ4n) is 0.221. The minimum Gasteiger partial charge on any atom is -0.0895 e. The number of hydrogen-bond donors (Lipinski definition) is 0. The van der Waals surface area contributed by atoms with Crippen molar-refractivity contribution < 1.29 is 0 Å². The van der Waals surface area contributed by atoms with Crippen LogP contribution in [0.2, 0.25) is 0 Å². The zero-order valence-electron chi connectivity index (χ0n) is 4.87. The molecule has 0 aliphatic carbocycles. The molecule has 0 aromatic heterocycles. The maximum Gasteiger partial charge on any atom is 0.0137 e. The Kier molecular flexibility index (Phi) is 3.10. The van der Waals surface area contributed by atoms with Gasteiger partial charge in [-0.15, -0.1) is 0 Å². The second kappa shape index (κ2) is 3.09. The summed E-state index contributed by atoms with van der Waals surface area (Å²) in [6, 6.07) is 0. The van der Waals surface area contributed by atoms with E-state index in [1.807, 2.05) is 0 Å². The molecule has 42 valence electrons. The molecular weight excluding hydrogens is 108 g/mol. The van der Waals surface area contributed by atoms with E-state index in [1.165, 1.54) is 0 Å². The highest BCUT2D eigenvalue weighted by atomic mass is 35.5. The van der Waals surface area contributed by atoms with Crippen LogP contribution in [0.5, 0.6) is 0 Å². The van der Waals surface area contributed by atoms with Gasteiger partial charge in [-0.2, -0.15) is 0 Å². The molecule has 0 aromatic rings. The quantitative estimate of drug-likeness (QED) is 0.523. The molecule has 7 heavy (non-hydrogen) atoms. The average molecular weight is 119 g/mol. The van der Waals surface area contributed by atoms with Gasteiger partial charge in [-0.25, -0.2) is 0 Å². The number of allylic oxidation sites excluding steroid dienone is 1. The predicted octanol–water partition coefficient (Wildman–Crippen LogP) is 2.79. The van der Waals surface area contributed by atoms with Crippen molar-refractivity contribution in [3.63, 3.8) is 0 Å². The molecule has 0 saturated heterocycles. The highest BCUT2D eigenvalue weighted by Gasteiger charge is 1.97. The maximum atomic E-state index is 5.53. The molecule has 0 nitrogen and oxygen atoms in total. The average Bonchev–Trinajstić information content (AvgIpc) is 1.65. The Balaban J connectivity index is 3.34. The van der Waals surface area contributed by atoms with E-state index < -0.39 is 0 Å². The first-order chi connectivity index (χ1) is 3.18. The summed E-state index contributed by atoms with van der Waals surface area (Å²) in [5, 5.41) is 0.766. The molecule has 1 heteroatoms. The van der Waals surface area contributed by atoms with Gasteiger partial charge in [0, 0.05) is 5.03 Å². The lowest BCUT2D eigenvalue weighted by Crippen LogP contribution is -1.87. The fraction of sp³-hybridized carbons (Fsp3) is 0.667. The highest BCUT2D eigenvalue weighted by molar-refractivity contribution is 6.29. The maximum absolute atomic E-state index is 5.53. The summed E-state index contributed by atoms with van der Waals surface area (Å²) in [7, 11) is 0. The van der Waals surface area contributed by atoms with E-state index >= 15 is 0 Å². The van der Waals surface area contributed by atoms with Gasteiger partial charge >= 0.3 is 0 Å². The van der Waals surface area contributed by atoms with Gasteiger partial charge in [0.2, 0.25) is 0 Å². The fourth-order valence-corrected chi connectivity index (χ4v) is 0.376. The van der Waals surface area contributed by atoms with Crippen LogP contribution in [0.1, 0.15) is 20.3 Å². The van der Waals surface area contributed by atoms with Crippen molar-refractivity contribution in [2.24, 2.45) is 5.92 Å². The van der Waals surface area contributed by atoms with Gasteiger partial charge in [0.1, 0.15) is 0 Å². The van der Waals surface area contributed by atoms with Crippen molar-refractivity contribution in [3.8, 4) is 0 Å². The van der Waals surface area contributed by atoms with E-state index in [4.69, 9.17) is 11.6 Å². The molecular formula is C6H11Cl. The Labute approximate surface area is 50.2 Å². The molecule has 0 heterocycles. The summed E-state index contributed by atoms with van der Waals surface area (Å²) >= 11 is 5.53. The molecule has 1 unspecified atom stereocenters. The largest absolute Gasteiger partial charge is 0.0895 e. The summed E-state index contributed by atoms with van der Waals surface area (Å²) in [4.78, 5) is 0. The zero-order chi connectivity index (χ0) is 5.86. The Morgan fingerprint density at radius 2 is 2.29 bits per heavy atom. The van der Waals surface area contributed by atoms with E-state index in [0.717, 1.165) is 11.5 Å². The summed E-state index contributed by atoms with van der Waals surface area (Å²) in [5.74, 6) is 0.474. The molecule has 0 rings (SSSR count). The Morgan fingerprint density at radius 1 is 1.86 bits per heavy atom. The van der Waals surface area contributed by atoms with Crippen LogP contribution in [-0.4, -0.2) is 0 Å². The lowest BCUT2D eigenvalue weighted by Gasteiger charge is -2.01. The monoisotopic (exact) mass is 118 g/mol. The molecule has 1 atom stereocenters. The van der Waals surface area contributed by atoms with Crippen LogP contribution >= 0.6 is 11.6 Å². The normalized spacial score (nSPS) is 13.6. The van der Waals surface area contributed by atoms with E-state index in [-0.39, 0.29) is 0 Å². The SMILES string of the molecule is C=C(Cl)C(C)CC. The van der Waals surface area contributed by atoms with Crippen LogP contribution in [0.4, 0.5) is 0 Å². The number of halogens is 1. The number of hydrogen-bond acceptors (Lipinski definition) is 0. The van der Waals surface area contributed by atoms with Crippen molar-refractivity contribution in [1.82, 2.24) is 0 Å². The summed E-state index contributed by atoms with van der Waals surface area (Å²) in [6.07, 6.45) is 1.09. The molecule has 0 bridgehead atoms. The minimum absolute atomic E-state index is 0.474. The standard InChI is InChI=1S/C6H11Cl/c1-4-5(2)6(3)7/h5H,3-4H2,1-2H3. The van der Waals surface area contributed by atoms with Crippen LogP contribution in [0, 0.1) is 5.92 Å². The van der Waals surface area contributed by atoms with E-state index in [1.54, 1.807) is 0 Å². The predicted molar refractivity (Wildman–Crippen MR) is 34.4 cm³/mol. The van der Waals surface area contributed by atoms with Gasteiger partial charge < -0.3 is 0 Å². The summed E-state index contributed by atoms with van der Waals surface area (Å²) < 4.78 is 0. The van der Waals surface area contributed by atoms with Gasteiger partial charge in [0.25, 0.3) is 0 Å². The smallest absolute Gasteiger partial charge is 0.0137 e. The molecule has 0 aliphatic rings. The van der Waals surface area contributed by atoms with Gasteiger partial charge in [0.05, 0.1) is 0 Å². The molecule has 0 amide bonds. The van der Waals surface area contributed by atoms with Crippen molar-refractivity contribution in [2.45, 2.75) is 20.3 Å². The lowest BCUT2D eigenvalue weighted by atomic mass is 10.1. The van der Waals surface area contributed by atoms with Crippen molar-refractivity contribution in [3.05, 3.63) is 11.6 Å². The van der Waals surface area contributed by atoms with Gasteiger partial charge in [-0.3, -0.25) is 0 Å². The zero-order valence-corrected chi connectivity index (χ0v) is 5.63. The van der Waals surface area contributed by atoms with Gasteiger partial charge in [-0.05, 0) is 12.3 Å². The van der Waals surface area contributed by atoms with Gasteiger partial charge in [-0.1, -0.05) is 32.0 Å². The van der Waals surface area contributed by atoms with Crippen molar-refractivity contribution in [1.29, 1.82) is 0 Å². The Hall–Kier alpha value is 0.0300. The molecule has 0 fully saturated rings. The number of rotatable bonds is 2. The Bertz CT molecular complexity index is 66.6. The van der Waals surface area contributed by atoms with Gasteiger partial charge in [0.15, 0.2) is 0 Å². The third kappa shape index (κ3) is 2.69. The van der Waals surface area contributed by atoms with E-state index in [9.17, 15) is 0 Å². The van der Waals surface area contributed by atoms with E-state index in [0.29, 0.717) is 5.92 Å². The van der Waals surface area contributed by atoms with Crippen LogP contribution in [0.25, 0.3) is 0 Å². The van der Waals surface area contributed by atoms with E-state index in [2.05, 4.69) is 20.4 Å². The first-order valence-electron chi connectivity index (χ1n) is 2.52. The molecule has 0 aromatic carbocycles. The second-order valence-corrected chi connectivity index (χ2v) is 2.24. The lowest BCUT2D eigenvalue weighted by molar-refractivity contribution is 0.687.